The van der Waals surface area contributed by atoms with Gasteiger partial charge in [-0.05, 0) is 29.8 Å². The van der Waals surface area contributed by atoms with Crippen LogP contribution in [0.5, 0.6) is 0 Å². The summed E-state index contributed by atoms with van der Waals surface area (Å²) in [6.07, 6.45) is 9.57. The summed E-state index contributed by atoms with van der Waals surface area (Å²) in [6.45, 7) is 0.795. The molecular weight excluding hydrogens is 238 g/mol. The Morgan fingerprint density at radius 2 is 2.16 bits per heavy atom. The Bertz CT molecular complexity index is 637. The maximum atomic E-state index is 4.37. The summed E-state index contributed by atoms with van der Waals surface area (Å²) in [5.41, 5.74) is 2.25. The number of anilines is 1. The van der Waals surface area contributed by atoms with E-state index in [1.807, 2.05) is 48.4 Å². The Kier molecular flexibility index (Phi) is 3.02. The lowest BCUT2D eigenvalue weighted by Gasteiger charge is -2.06. The molecule has 0 saturated carbocycles. The molecule has 0 aliphatic rings. The fourth-order valence-electron chi connectivity index (χ4n) is 1.90. The maximum absolute atomic E-state index is 4.37. The first-order valence-electron chi connectivity index (χ1n) is 6.12. The number of pyridine rings is 1. The lowest BCUT2D eigenvalue weighted by atomic mass is 10.3. The van der Waals surface area contributed by atoms with Crippen LogP contribution in [0.25, 0.3) is 5.82 Å². The first-order valence-corrected chi connectivity index (χ1v) is 6.12. The van der Waals surface area contributed by atoms with Gasteiger partial charge in [0.1, 0.15) is 0 Å². The van der Waals surface area contributed by atoms with Gasteiger partial charge in [-0.3, -0.25) is 0 Å². The van der Waals surface area contributed by atoms with Crippen molar-refractivity contribution in [1.82, 2.24) is 19.3 Å². The summed E-state index contributed by atoms with van der Waals surface area (Å²) in [6, 6.07) is 7.93. The Morgan fingerprint density at radius 1 is 1.21 bits per heavy atom. The molecule has 0 fully saturated rings. The first kappa shape index (κ1) is 11.5. The second kappa shape index (κ2) is 4.97. The van der Waals surface area contributed by atoms with E-state index in [4.69, 9.17) is 0 Å². The second-order valence-corrected chi connectivity index (χ2v) is 4.39. The third kappa shape index (κ3) is 2.65. The molecule has 0 atom stereocenters. The van der Waals surface area contributed by atoms with Crippen LogP contribution in [0, 0.1) is 0 Å². The Labute approximate surface area is 111 Å². The quantitative estimate of drug-likeness (QED) is 0.775. The van der Waals surface area contributed by atoms with Gasteiger partial charge in [-0.15, -0.1) is 0 Å². The number of aryl methyl sites for hydroxylation is 1. The van der Waals surface area contributed by atoms with Gasteiger partial charge in [0, 0.05) is 38.4 Å². The molecule has 0 amide bonds. The summed E-state index contributed by atoms with van der Waals surface area (Å²) in [7, 11) is 2.02. The Hall–Kier alpha value is -2.56. The average molecular weight is 253 g/mol. The average Bonchev–Trinajstić information content (AvgIpc) is 3.08. The van der Waals surface area contributed by atoms with E-state index in [1.54, 1.807) is 10.9 Å². The van der Waals surface area contributed by atoms with Gasteiger partial charge in [-0.1, -0.05) is 0 Å². The van der Waals surface area contributed by atoms with Crippen molar-refractivity contribution in [3.8, 4) is 5.82 Å². The van der Waals surface area contributed by atoms with Crippen LogP contribution >= 0.6 is 0 Å². The third-order valence-corrected chi connectivity index (χ3v) is 2.88. The summed E-state index contributed by atoms with van der Waals surface area (Å²) >= 11 is 0. The summed E-state index contributed by atoms with van der Waals surface area (Å²) < 4.78 is 3.77. The minimum atomic E-state index is 0.795. The summed E-state index contributed by atoms with van der Waals surface area (Å²) in [5.74, 6) is 0.815. The van der Waals surface area contributed by atoms with Gasteiger partial charge in [0.2, 0.25) is 0 Å². The molecule has 0 aromatic carbocycles. The molecule has 3 aromatic rings. The molecule has 0 aliphatic heterocycles. The van der Waals surface area contributed by atoms with Gasteiger partial charge in [0.25, 0.3) is 0 Å². The van der Waals surface area contributed by atoms with Crippen LogP contribution in [0.1, 0.15) is 5.56 Å². The van der Waals surface area contributed by atoms with E-state index in [1.165, 1.54) is 5.56 Å². The van der Waals surface area contributed by atoms with E-state index in [0.717, 1.165) is 18.1 Å². The van der Waals surface area contributed by atoms with Crippen molar-refractivity contribution < 1.29 is 0 Å². The molecule has 3 heterocycles. The van der Waals surface area contributed by atoms with Gasteiger partial charge < -0.3 is 9.88 Å². The zero-order chi connectivity index (χ0) is 13.1. The number of rotatable bonds is 4. The number of hydrogen-bond donors (Lipinski definition) is 1. The molecule has 0 unspecified atom stereocenters. The highest BCUT2D eigenvalue weighted by Crippen LogP contribution is 2.10. The van der Waals surface area contributed by atoms with Gasteiger partial charge in [0.05, 0.1) is 11.9 Å². The van der Waals surface area contributed by atoms with E-state index in [2.05, 4.69) is 27.7 Å². The summed E-state index contributed by atoms with van der Waals surface area (Å²) in [4.78, 5) is 4.37. The minimum absolute atomic E-state index is 0.795. The van der Waals surface area contributed by atoms with E-state index in [0.29, 0.717) is 0 Å². The van der Waals surface area contributed by atoms with Crippen LogP contribution in [0.3, 0.4) is 0 Å². The third-order valence-electron chi connectivity index (χ3n) is 2.88. The lowest BCUT2D eigenvalue weighted by Crippen LogP contribution is -2.01. The molecule has 1 N–H and O–H groups in total. The highest BCUT2D eigenvalue weighted by Gasteiger charge is 1.99. The Balaban J connectivity index is 1.66. The predicted molar refractivity (Wildman–Crippen MR) is 74.1 cm³/mol. The van der Waals surface area contributed by atoms with Crippen molar-refractivity contribution in [3.63, 3.8) is 0 Å². The van der Waals surface area contributed by atoms with E-state index < -0.39 is 0 Å². The molecular formula is C14H15N5. The number of nitrogens with one attached hydrogen (secondary N) is 1. The van der Waals surface area contributed by atoms with Crippen LogP contribution < -0.4 is 5.32 Å². The predicted octanol–water partition coefficient (Wildman–Crippen LogP) is 2.22. The first-order chi connectivity index (χ1) is 9.31. The fourth-order valence-corrected chi connectivity index (χ4v) is 1.90. The van der Waals surface area contributed by atoms with Crippen molar-refractivity contribution >= 4 is 5.69 Å². The van der Waals surface area contributed by atoms with E-state index >= 15 is 0 Å². The standard InChI is InChI=1S/C14H15N5/c1-18-8-5-12(11-18)9-15-13-3-4-14(16-10-13)19-7-2-6-17-19/h2-8,10-11,15H,9H2,1H3. The van der Waals surface area contributed by atoms with Gasteiger partial charge in [0.15, 0.2) is 5.82 Å². The molecule has 0 radical (unpaired) electrons. The molecule has 5 nitrogen and oxygen atoms in total. The largest absolute Gasteiger partial charge is 0.380 e. The zero-order valence-electron chi connectivity index (χ0n) is 10.7. The number of hydrogen-bond acceptors (Lipinski definition) is 3. The van der Waals surface area contributed by atoms with Gasteiger partial charge in [-0.2, -0.15) is 5.10 Å². The van der Waals surface area contributed by atoms with Crippen LogP contribution in [0.15, 0.2) is 55.2 Å². The normalized spacial score (nSPS) is 10.6. The summed E-state index contributed by atoms with van der Waals surface area (Å²) in [5, 5.41) is 7.48. The smallest absolute Gasteiger partial charge is 0.153 e. The van der Waals surface area contributed by atoms with Crippen molar-refractivity contribution in [1.29, 1.82) is 0 Å². The van der Waals surface area contributed by atoms with Crippen molar-refractivity contribution in [2.75, 3.05) is 5.32 Å². The highest BCUT2D eigenvalue weighted by atomic mass is 15.3. The van der Waals surface area contributed by atoms with Crippen molar-refractivity contribution in [2.24, 2.45) is 7.05 Å². The van der Waals surface area contributed by atoms with Gasteiger partial charge >= 0.3 is 0 Å². The molecule has 0 aliphatic carbocycles. The van der Waals surface area contributed by atoms with E-state index in [-0.39, 0.29) is 0 Å². The van der Waals surface area contributed by atoms with Gasteiger partial charge in [-0.25, -0.2) is 9.67 Å². The molecule has 5 heteroatoms. The monoisotopic (exact) mass is 253 g/mol. The molecule has 0 spiro atoms. The number of nitrogens with zero attached hydrogens (tertiary/aromatic N) is 4. The van der Waals surface area contributed by atoms with E-state index in [9.17, 15) is 0 Å². The topological polar surface area (TPSA) is 47.7 Å². The highest BCUT2D eigenvalue weighted by molar-refractivity contribution is 5.43. The molecule has 3 rings (SSSR count). The fraction of sp³-hybridized carbons (Fsp3) is 0.143. The van der Waals surface area contributed by atoms with Crippen molar-refractivity contribution in [3.05, 3.63) is 60.8 Å². The molecule has 3 aromatic heterocycles. The van der Waals surface area contributed by atoms with Crippen LogP contribution in [-0.2, 0) is 13.6 Å². The second-order valence-electron chi connectivity index (χ2n) is 4.39. The van der Waals surface area contributed by atoms with Crippen LogP contribution in [0.2, 0.25) is 0 Å². The maximum Gasteiger partial charge on any atom is 0.153 e. The zero-order valence-corrected chi connectivity index (χ0v) is 10.7. The SMILES string of the molecule is Cn1ccc(CNc2ccc(-n3cccn3)nc2)c1. The molecule has 19 heavy (non-hydrogen) atoms. The molecule has 0 bridgehead atoms. The molecule has 96 valence electrons. The number of aromatic nitrogens is 4. The Morgan fingerprint density at radius 3 is 2.79 bits per heavy atom. The lowest BCUT2D eigenvalue weighted by molar-refractivity contribution is 0.847. The minimum Gasteiger partial charge on any atom is -0.380 e. The van der Waals surface area contributed by atoms with Crippen molar-refractivity contribution in [2.45, 2.75) is 6.54 Å². The van der Waals surface area contributed by atoms with Crippen LogP contribution in [0.4, 0.5) is 5.69 Å². The van der Waals surface area contributed by atoms with Crippen LogP contribution in [-0.4, -0.2) is 19.3 Å². The molecule has 0 saturated heterocycles.